The molecule has 2 aromatic heterocycles. The van der Waals surface area contributed by atoms with E-state index >= 15 is 0 Å². The van der Waals surface area contributed by atoms with E-state index in [0.717, 1.165) is 44.4 Å². The monoisotopic (exact) mass is 441 g/mol. The van der Waals surface area contributed by atoms with E-state index in [4.69, 9.17) is 0 Å². The van der Waals surface area contributed by atoms with Crippen LogP contribution in [0.1, 0.15) is 24.0 Å². The van der Waals surface area contributed by atoms with Crippen molar-refractivity contribution in [3.05, 3.63) is 75.5 Å². The number of imide groups is 1. The predicted octanol–water partition coefficient (Wildman–Crippen LogP) is 2.57. The van der Waals surface area contributed by atoms with Crippen LogP contribution in [-0.2, 0) is 30.7 Å². The first-order valence-corrected chi connectivity index (χ1v) is 10.8. The molecule has 4 aromatic rings. The van der Waals surface area contributed by atoms with Crippen LogP contribution in [0.3, 0.4) is 0 Å². The molecule has 8 heteroatoms. The third kappa shape index (κ3) is 2.49. The number of fused-ring (bicyclic) bond motifs is 1. The van der Waals surface area contributed by atoms with Gasteiger partial charge in [0.05, 0.1) is 28.7 Å². The summed E-state index contributed by atoms with van der Waals surface area (Å²) in [6.07, 6.45) is 2.06. The maximum atomic E-state index is 13.5. The highest BCUT2D eigenvalue weighted by Crippen LogP contribution is 2.46. The van der Waals surface area contributed by atoms with Crippen molar-refractivity contribution in [2.24, 2.45) is 21.1 Å². The molecule has 4 heterocycles. The molecular formula is C25H23N5O3. The van der Waals surface area contributed by atoms with Crippen LogP contribution >= 0.6 is 0 Å². The lowest BCUT2D eigenvalue weighted by atomic mass is 9.84. The number of amides is 2. The molecule has 0 fully saturated rings. The largest absolute Gasteiger partial charge is 0.356 e. The number of carbonyl (C=O) groups excluding carboxylic acids is 2. The third-order valence-corrected chi connectivity index (χ3v) is 7.06. The van der Waals surface area contributed by atoms with Crippen LogP contribution in [-0.4, -0.2) is 37.0 Å². The topological polar surface area (TPSA) is 81.3 Å². The maximum Gasteiger partial charge on any atom is 0.328 e. The van der Waals surface area contributed by atoms with Crippen LogP contribution in [0.15, 0.2) is 58.7 Å². The van der Waals surface area contributed by atoms with Crippen LogP contribution < -0.4 is 11.0 Å². The predicted molar refractivity (Wildman–Crippen MR) is 126 cm³/mol. The minimum atomic E-state index is -0.378. The first kappa shape index (κ1) is 19.6. The number of aromatic nitrogens is 3. The van der Waals surface area contributed by atoms with E-state index in [1.165, 1.54) is 11.8 Å². The number of aryl methyl sites for hydroxylation is 3. The van der Waals surface area contributed by atoms with Gasteiger partial charge in [0.15, 0.2) is 0 Å². The highest BCUT2D eigenvalue weighted by molar-refractivity contribution is 6.11. The number of hydrogen-bond donors (Lipinski definition) is 1. The Balaban J connectivity index is 1.68. The summed E-state index contributed by atoms with van der Waals surface area (Å²) in [5, 5.41) is 4.53. The molecule has 0 saturated carbocycles. The first-order valence-electron chi connectivity index (χ1n) is 10.8. The Labute approximate surface area is 189 Å². The molecule has 166 valence electrons. The zero-order valence-electron chi connectivity index (χ0n) is 18.8. The molecule has 0 radical (unpaired) electrons. The summed E-state index contributed by atoms with van der Waals surface area (Å²) in [6.45, 7) is 1.64. The average Bonchev–Trinajstić information content (AvgIpc) is 3.33. The van der Waals surface area contributed by atoms with E-state index < -0.39 is 0 Å². The molecule has 2 aliphatic rings. The number of benzene rings is 2. The summed E-state index contributed by atoms with van der Waals surface area (Å²) in [6, 6.07) is 11.9. The molecule has 2 aliphatic heterocycles. The van der Waals surface area contributed by atoms with E-state index in [1.807, 2.05) is 37.4 Å². The molecule has 0 bridgehead atoms. The van der Waals surface area contributed by atoms with Gasteiger partial charge in [-0.15, -0.1) is 0 Å². The van der Waals surface area contributed by atoms with Crippen molar-refractivity contribution < 1.29 is 9.59 Å². The fraction of sp³-hybridized carbons (Fsp3) is 0.240. The van der Waals surface area contributed by atoms with Gasteiger partial charge in [0.1, 0.15) is 0 Å². The number of carbonyl (C=O) groups is 2. The molecule has 2 amide bonds. The minimum Gasteiger partial charge on any atom is -0.356 e. The SMILES string of the molecule is CC(=O)N1CC2=C(C1=O)[C@H](c1ccc3c(c1)n(C)c(=O)n3C)c1cn(C)c3cccc(c13)N2. The van der Waals surface area contributed by atoms with E-state index in [2.05, 4.69) is 22.1 Å². The second-order valence-electron chi connectivity index (χ2n) is 8.90. The van der Waals surface area contributed by atoms with Gasteiger partial charge in [-0.2, -0.15) is 0 Å². The molecule has 6 rings (SSSR count). The number of nitrogens with zero attached hydrogens (tertiary/aromatic N) is 4. The molecular weight excluding hydrogens is 418 g/mol. The van der Waals surface area contributed by atoms with Gasteiger partial charge in [-0.05, 0) is 35.4 Å². The molecule has 2 aromatic carbocycles. The van der Waals surface area contributed by atoms with Crippen molar-refractivity contribution in [3.8, 4) is 0 Å². The normalized spacial score (nSPS) is 17.6. The summed E-state index contributed by atoms with van der Waals surface area (Å²) >= 11 is 0. The number of imidazole rings is 1. The lowest BCUT2D eigenvalue weighted by Gasteiger charge is -2.19. The Bertz CT molecular complexity index is 1630. The van der Waals surface area contributed by atoms with Gasteiger partial charge in [-0.3, -0.25) is 23.6 Å². The Morgan fingerprint density at radius 2 is 1.76 bits per heavy atom. The van der Waals surface area contributed by atoms with E-state index in [9.17, 15) is 14.4 Å². The number of anilines is 1. The zero-order chi connectivity index (χ0) is 23.2. The molecule has 8 nitrogen and oxygen atoms in total. The molecule has 33 heavy (non-hydrogen) atoms. The standard InChI is InChI=1S/C25H23N5O3/c1-13(31)30-12-17-23(24(30)32)21(14-8-9-18-20(10-14)29(4)25(33)28(18)3)15-11-27(2)19-7-5-6-16(26-17)22(15)19/h5-11,21,26H,12H2,1-4H3/t21-/m1/s1. The fourth-order valence-electron chi connectivity index (χ4n) is 5.42. The van der Waals surface area contributed by atoms with Gasteiger partial charge >= 0.3 is 5.69 Å². The van der Waals surface area contributed by atoms with Crippen LogP contribution in [0, 0.1) is 0 Å². The number of nitrogens with one attached hydrogen (secondary N) is 1. The van der Waals surface area contributed by atoms with Gasteiger partial charge in [0.25, 0.3) is 5.91 Å². The molecule has 0 unspecified atom stereocenters. The Morgan fingerprint density at radius 1 is 1.00 bits per heavy atom. The van der Waals surface area contributed by atoms with Crippen molar-refractivity contribution in [1.82, 2.24) is 18.6 Å². The van der Waals surface area contributed by atoms with E-state index in [-0.39, 0.29) is 30.0 Å². The lowest BCUT2D eigenvalue weighted by molar-refractivity contribution is -0.139. The molecule has 0 spiro atoms. The second kappa shape index (κ2) is 6.48. The van der Waals surface area contributed by atoms with Crippen molar-refractivity contribution >= 4 is 39.4 Å². The Kier molecular flexibility index (Phi) is 3.85. The van der Waals surface area contributed by atoms with Crippen molar-refractivity contribution in [2.45, 2.75) is 12.8 Å². The van der Waals surface area contributed by atoms with Crippen molar-refractivity contribution in [3.63, 3.8) is 0 Å². The number of rotatable bonds is 1. The minimum absolute atomic E-state index is 0.100. The summed E-state index contributed by atoms with van der Waals surface area (Å²) in [7, 11) is 5.50. The highest BCUT2D eigenvalue weighted by Gasteiger charge is 2.41. The van der Waals surface area contributed by atoms with Crippen molar-refractivity contribution in [1.29, 1.82) is 0 Å². The third-order valence-electron chi connectivity index (χ3n) is 7.06. The quantitative estimate of drug-likeness (QED) is 0.492. The van der Waals surface area contributed by atoms with Crippen molar-refractivity contribution in [2.75, 3.05) is 11.9 Å². The van der Waals surface area contributed by atoms with Crippen LogP contribution in [0.5, 0.6) is 0 Å². The molecule has 1 atom stereocenters. The zero-order valence-corrected chi connectivity index (χ0v) is 18.8. The van der Waals surface area contributed by atoms with E-state index in [0.29, 0.717) is 5.57 Å². The van der Waals surface area contributed by atoms with Gasteiger partial charge < -0.3 is 9.88 Å². The van der Waals surface area contributed by atoms with Crippen LogP contribution in [0.2, 0.25) is 0 Å². The highest BCUT2D eigenvalue weighted by atomic mass is 16.2. The summed E-state index contributed by atoms with van der Waals surface area (Å²) in [5.41, 5.74) is 6.73. The average molecular weight is 441 g/mol. The Hall–Kier alpha value is -4.07. The smallest absolute Gasteiger partial charge is 0.328 e. The second-order valence-corrected chi connectivity index (χ2v) is 8.90. The Morgan fingerprint density at radius 3 is 2.52 bits per heavy atom. The summed E-state index contributed by atoms with van der Waals surface area (Å²) in [4.78, 5) is 39.6. The van der Waals surface area contributed by atoms with Gasteiger partial charge in [-0.1, -0.05) is 12.1 Å². The lowest BCUT2D eigenvalue weighted by Crippen LogP contribution is -2.33. The van der Waals surface area contributed by atoms with E-state index in [1.54, 1.807) is 23.2 Å². The first-order chi connectivity index (χ1) is 15.8. The van der Waals surface area contributed by atoms with Gasteiger partial charge in [0.2, 0.25) is 5.91 Å². The van der Waals surface area contributed by atoms with Gasteiger partial charge in [0, 0.05) is 57.0 Å². The molecule has 0 aliphatic carbocycles. The molecule has 0 saturated heterocycles. The maximum absolute atomic E-state index is 13.5. The summed E-state index contributed by atoms with van der Waals surface area (Å²) in [5.74, 6) is -0.931. The van der Waals surface area contributed by atoms with Crippen LogP contribution in [0.4, 0.5) is 5.69 Å². The molecule has 1 N–H and O–H groups in total. The van der Waals surface area contributed by atoms with Crippen LogP contribution in [0.25, 0.3) is 21.9 Å². The fourth-order valence-corrected chi connectivity index (χ4v) is 5.42. The van der Waals surface area contributed by atoms with Gasteiger partial charge in [-0.25, -0.2) is 4.79 Å². The number of hydrogen-bond acceptors (Lipinski definition) is 4. The summed E-state index contributed by atoms with van der Waals surface area (Å²) < 4.78 is 5.30.